The van der Waals surface area contributed by atoms with Crippen molar-refractivity contribution in [1.29, 1.82) is 0 Å². The van der Waals surface area contributed by atoms with Crippen molar-refractivity contribution in [2.45, 2.75) is 50.9 Å². The molecule has 2 nitrogen and oxygen atoms in total. The van der Waals surface area contributed by atoms with E-state index in [-0.39, 0.29) is 5.41 Å². The summed E-state index contributed by atoms with van der Waals surface area (Å²) in [5, 5.41) is 2.50. The van der Waals surface area contributed by atoms with E-state index in [2.05, 4.69) is 187 Å². The van der Waals surface area contributed by atoms with Crippen molar-refractivity contribution in [3.8, 4) is 27.9 Å². The van der Waals surface area contributed by atoms with Gasteiger partial charge in [0.1, 0.15) is 0 Å². The molecule has 2 bridgehead atoms. The van der Waals surface area contributed by atoms with E-state index >= 15 is 0 Å². The second-order valence-electron chi connectivity index (χ2n) is 16.6. The fourth-order valence-corrected chi connectivity index (χ4v) is 10.6. The molecular formula is C52H44N2. The van der Waals surface area contributed by atoms with Crippen LogP contribution in [-0.2, 0) is 5.41 Å². The Kier molecular flexibility index (Phi) is 7.08. The smallest absolute Gasteiger partial charge is 0.0542 e. The van der Waals surface area contributed by atoms with Gasteiger partial charge >= 0.3 is 0 Å². The topological polar surface area (TPSA) is 8.17 Å². The number of aromatic nitrogens is 1. The molecule has 0 N–H and O–H groups in total. The summed E-state index contributed by atoms with van der Waals surface area (Å²) >= 11 is 0. The van der Waals surface area contributed by atoms with Gasteiger partial charge in [0.05, 0.1) is 11.0 Å². The molecule has 2 fully saturated rings. The zero-order valence-corrected chi connectivity index (χ0v) is 31.0. The molecule has 0 radical (unpaired) electrons. The van der Waals surface area contributed by atoms with Gasteiger partial charge in [-0.25, -0.2) is 0 Å². The van der Waals surface area contributed by atoms with Crippen molar-refractivity contribution in [2.75, 3.05) is 4.90 Å². The third-order valence-electron chi connectivity index (χ3n) is 13.3. The van der Waals surface area contributed by atoms with Crippen LogP contribution in [0.2, 0.25) is 0 Å². The van der Waals surface area contributed by atoms with Crippen LogP contribution in [0.3, 0.4) is 0 Å². The van der Waals surface area contributed by atoms with E-state index < -0.39 is 0 Å². The third-order valence-corrected chi connectivity index (χ3v) is 13.3. The lowest BCUT2D eigenvalue weighted by molar-refractivity contribution is 0.420. The first kappa shape index (κ1) is 31.6. The minimum Gasteiger partial charge on any atom is -0.310 e. The average molecular weight is 697 g/mol. The fourth-order valence-electron chi connectivity index (χ4n) is 10.6. The lowest BCUT2D eigenvalue weighted by Crippen LogP contribution is -2.15. The molecule has 11 rings (SSSR count). The zero-order valence-electron chi connectivity index (χ0n) is 31.0. The molecule has 3 atom stereocenters. The van der Waals surface area contributed by atoms with Gasteiger partial charge < -0.3 is 9.47 Å². The molecule has 1 heterocycles. The Balaban J connectivity index is 1.03. The second kappa shape index (κ2) is 12.1. The molecule has 3 unspecified atom stereocenters. The van der Waals surface area contributed by atoms with E-state index in [0.717, 1.165) is 34.8 Å². The number of hydrogen-bond donors (Lipinski definition) is 0. The number of hydrogen-bond acceptors (Lipinski definition) is 1. The van der Waals surface area contributed by atoms with Gasteiger partial charge in [-0.1, -0.05) is 123 Å². The average Bonchev–Trinajstić information content (AvgIpc) is 3.99. The monoisotopic (exact) mass is 696 g/mol. The van der Waals surface area contributed by atoms with Crippen LogP contribution in [0.5, 0.6) is 0 Å². The molecule has 54 heavy (non-hydrogen) atoms. The van der Waals surface area contributed by atoms with E-state index in [1.165, 1.54) is 86.6 Å². The van der Waals surface area contributed by atoms with Gasteiger partial charge in [-0.2, -0.15) is 0 Å². The minimum atomic E-state index is -0.0397. The van der Waals surface area contributed by atoms with Gasteiger partial charge in [-0.15, -0.1) is 0 Å². The predicted octanol–water partition coefficient (Wildman–Crippen LogP) is 14.1. The largest absolute Gasteiger partial charge is 0.310 e. The number of para-hydroxylation sites is 2. The van der Waals surface area contributed by atoms with Gasteiger partial charge in [0.2, 0.25) is 0 Å². The van der Waals surface area contributed by atoms with Crippen LogP contribution >= 0.6 is 0 Å². The van der Waals surface area contributed by atoms with Crippen molar-refractivity contribution in [3.05, 3.63) is 180 Å². The maximum Gasteiger partial charge on any atom is 0.0542 e. The molecule has 0 spiro atoms. The maximum absolute atomic E-state index is 2.45. The molecular weight excluding hydrogens is 653 g/mol. The molecule has 0 saturated heterocycles. The van der Waals surface area contributed by atoms with Crippen LogP contribution in [0.1, 0.15) is 62.1 Å². The van der Waals surface area contributed by atoms with Crippen LogP contribution in [-0.4, -0.2) is 4.57 Å². The Labute approximate surface area is 318 Å². The highest BCUT2D eigenvalue weighted by Gasteiger charge is 2.40. The number of fused-ring (bicyclic) bond motifs is 8. The first-order valence-corrected chi connectivity index (χ1v) is 19.8. The Morgan fingerprint density at radius 2 is 1.17 bits per heavy atom. The van der Waals surface area contributed by atoms with Gasteiger partial charge in [-0.05, 0) is 137 Å². The summed E-state index contributed by atoms with van der Waals surface area (Å²) in [6, 6.07) is 61.3. The number of nitrogens with zero attached hydrogens (tertiary/aromatic N) is 2. The van der Waals surface area contributed by atoms with E-state index in [1.807, 2.05) is 0 Å². The summed E-state index contributed by atoms with van der Waals surface area (Å²) in [6.45, 7) is 4.71. The van der Waals surface area contributed by atoms with Gasteiger partial charge in [0.25, 0.3) is 0 Å². The molecule has 3 aliphatic carbocycles. The van der Waals surface area contributed by atoms with Crippen molar-refractivity contribution in [1.82, 2.24) is 4.57 Å². The number of anilines is 3. The first-order valence-electron chi connectivity index (χ1n) is 19.8. The Bertz CT molecular complexity index is 2700. The van der Waals surface area contributed by atoms with Crippen LogP contribution in [0.25, 0.3) is 49.7 Å². The highest BCUT2D eigenvalue weighted by molar-refractivity contribution is 6.10. The van der Waals surface area contributed by atoms with Gasteiger partial charge in [0, 0.05) is 38.9 Å². The SMILES string of the molecule is CC1(C)c2ccccc2-c2cc(N(c3ccc(-c4ccc(C5CC6CCC5C6)cc4)cc3)c3ccc4c(c3)c3ccccc3n4-c3ccccc3)ccc21. The fraction of sp³-hybridized carbons (Fsp3) is 0.192. The number of rotatable bonds is 6. The summed E-state index contributed by atoms with van der Waals surface area (Å²) in [5.41, 5.74) is 16.5. The van der Waals surface area contributed by atoms with Crippen molar-refractivity contribution < 1.29 is 0 Å². The molecule has 2 heteroatoms. The first-order chi connectivity index (χ1) is 26.5. The van der Waals surface area contributed by atoms with Crippen molar-refractivity contribution in [3.63, 3.8) is 0 Å². The lowest BCUT2D eigenvalue weighted by atomic mass is 9.82. The molecule has 262 valence electrons. The predicted molar refractivity (Wildman–Crippen MR) is 227 cm³/mol. The molecule has 2 saturated carbocycles. The second-order valence-corrected chi connectivity index (χ2v) is 16.6. The molecule has 0 amide bonds. The van der Waals surface area contributed by atoms with E-state index in [0.29, 0.717) is 0 Å². The van der Waals surface area contributed by atoms with Crippen LogP contribution in [0.4, 0.5) is 17.1 Å². The maximum atomic E-state index is 2.45. The Hall–Kier alpha value is -5.86. The van der Waals surface area contributed by atoms with E-state index in [1.54, 1.807) is 5.56 Å². The molecule has 0 aliphatic heterocycles. The van der Waals surface area contributed by atoms with E-state index in [4.69, 9.17) is 0 Å². The molecule has 7 aromatic carbocycles. The molecule has 8 aromatic rings. The normalized spacial score (nSPS) is 19.3. The van der Waals surface area contributed by atoms with Crippen LogP contribution < -0.4 is 4.90 Å². The summed E-state index contributed by atoms with van der Waals surface area (Å²) in [7, 11) is 0. The Morgan fingerprint density at radius 1 is 0.519 bits per heavy atom. The van der Waals surface area contributed by atoms with Crippen molar-refractivity contribution >= 4 is 38.9 Å². The standard InChI is InChI=1S/C52H44N2/c1-52(2)48-14-8-6-12-43(48)46-32-41(26-28-49(46)52)53(40-24-22-36(23-25-40)35-18-20-37(21-19-35)45-31-34-16-17-38(45)30-34)42-27-29-51-47(33-42)44-13-7-9-15-50(44)54(51)39-10-4-3-5-11-39/h3-15,18-29,32-34,38,45H,16-17,30-31H2,1-2H3. The van der Waals surface area contributed by atoms with Crippen LogP contribution in [0.15, 0.2) is 164 Å². The zero-order chi connectivity index (χ0) is 36.0. The Morgan fingerprint density at radius 3 is 1.94 bits per heavy atom. The van der Waals surface area contributed by atoms with Gasteiger partial charge in [0.15, 0.2) is 0 Å². The summed E-state index contributed by atoms with van der Waals surface area (Å²) in [6.07, 6.45) is 5.70. The lowest BCUT2D eigenvalue weighted by Gasteiger charge is -2.27. The van der Waals surface area contributed by atoms with Crippen LogP contribution in [0, 0.1) is 11.8 Å². The van der Waals surface area contributed by atoms with Gasteiger partial charge in [-0.3, -0.25) is 0 Å². The summed E-state index contributed by atoms with van der Waals surface area (Å²) in [5.74, 6) is 2.63. The van der Waals surface area contributed by atoms with E-state index in [9.17, 15) is 0 Å². The van der Waals surface area contributed by atoms with Crippen molar-refractivity contribution in [2.24, 2.45) is 11.8 Å². The minimum absolute atomic E-state index is 0.0397. The number of benzene rings is 7. The molecule has 1 aromatic heterocycles. The third kappa shape index (κ3) is 4.86. The highest BCUT2D eigenvalue weighted by Crippen LogP contribution is 2.53. The summed E-state index contributed by atoms with van der Waals surface area (Å²) in [4.78, 5) is 2.45. The molecule has 3 aliphatic rings. The summed E-state index contributed by atoms with van der Waals surface area (Å²) < 4.78 is 2.39. The highest BCUT2D eigenvalue weighted by atomic mass is 15.1. The quantitative estimate of drug-likeness (QED) is 0.168.